The number of ether oxygens (including phenoxy) is 2. The standard InChI is InChI=1S/C28H28N2O5/c1-18(2)17-35-21-11-8-9-19(15-21)26(31)24-25(22-12-4-5-13-23(22)34-3)30(28(33)27(24)32)16-20-10-6-7-14-29-20/h4-15,18,25,31H,16-17H2,1-3H3/b26-24-. The lowest BCUT2D eigenvalue weighted by atomic mass is 9.94. The lowest BCUT2D eigenvalue weighted by molar-refractivity contribution is -0.140. The first-order valence-electron chi connectivity index (χ1n) is 11.4. The Morgan fingerprint density at radius 3 is 2.54 bits per heavy atom. The molecule has 0 radical (unpaired) electrons. The maximum absolute atomic E-state index is 13.3. The van der Waals surface area contributed by atoms with Gasteiger partial charge in [0.2, 0.25) is 0 Å². The normalized spacial score (nSPS) is 17.1. The molecule has 1 unspecified atom stereocenters. The summed E-state index contributed by atoms with van der Waals surface area (Å²) in [6.07, 6.45) is 1.63. The molecule has 1 amide bonds. The number of hydrogen-bond donors (Lipinski definition) is 1. The molecule has 2 heterocycles. The predicted molar refractivity (Wildman–Crippen MR) is 132 cm³/mol. The zero-order valence-corrected chi connectivity index (χ0v) is 20.0. The molecule has 1 saturated heterocycles. The van der Waals surface area contributed by atoms with Crippen molar-refractivity contribution in [2.45, 2.75) is 26.4 Å². The van der Waals surface area contributed by atoms with E-state index in [0.29, 0.717) is 40.8 Å². The third-order valence-electron chi connectivity index (χ3n) is 5.72. The summed E-state index contributed by atoms with van der Waals surface area (Å²) in [6, 6.07) is 18.6. The van der Waals surface area contributed by atoms with Crippen LogP contribution in [0.2, 0.25) is 0 Å². The smallest absolute Gasteiger partial charge is 0.296 e. The van der Waals surface area contributed by atoms with E-state index in [1.165, 1.54) is 12.0 Å². The SMILES string of the molecule is COc1ccccc1C1/C(=C(/O)c2cccc(OCC(C)C)c2)C(=O)C(=O)N1Cc1ccccn1. The number of nitrogens with zero attached hydrogens (tertiary/aromatic N) is 2. The van der Waals surface area contributed by atoms with Crippen molar-refractivity contribution in [1.29, 1.82) is 0 Å². The van der Waals surface area contributed by atoms with E-state index in [0.717, 1.165) is 0 Å². The zero-order chi connectivity index (χ0) is 24.9. The number of Topliss-reactive ketones (excluding diaryl/α,β-unsaturated/α-hetero) is 1. The van der Waals surface area contributed by atoms with Gasteiger partial charge in [0.25, 0.3) is 11.7 Å². The second-order valence-electron chi connectivity index (χ2n) is 8.72. The van der Waals surface area contributed by atoms with Gasteiger partial charge in [-0.25, -0.2) is 0 Å². The van der Waals surface area contributed by atoms with Gasteiger partial charge >= 0.3 is 0 Å². The Morgan fingerprint density at radius 2 is 1.83 bits per heavy atom. The molecule has 1 fully saturated rings. The summed E-state index contributed by atoms with van der Waals surface area (Å²) in [5, 5.41) is 11.4. The van der Waals surface area contributed by atoms with E-state index >= 15 is 0 Å². The number of amides is 1. The van der Waals surface area contributed by atoms with Gasteiger partial charge < -0.3 is 19.5 Å². The van der Waals surface area contributed by atoms with Crippen molar-refractivity contribution < 1.29 is 24.2 Å². The molecular weight excluding hydrogens is 444 g/mol. The molecule has 1 aliphatic heterocycles. The summed E-state index contributed by atoms with van der Waals surface area (Å²) in [6.45, 7) is 4.70. The van der Waals surface area contributed by atoms with Crippen LogP contribution in [0.4, 0.5) is 0 Å². The van der Waals surface area contributed by atoms with Crippen molar-refractivity contribution in [3.8, 4) is 11.5 Å². The number of para-hydroxylation sites is 1. The first kappa shape index (κ1) is 24.0. The molecule has 7 nitrogen and oxygen atoms in total. The number of carbonyl (C=O) groups excluding carboxylic acids is 2. The maximum Gasteiger partial charge on any atom is 0.296 e. The van der Waals surface area contributed by atoms with Crippen LogP contribution in [0.15, 0.2) is 78.5 Å². The van der Waals surface area contributed by atoms with Gasteiger partial charge in [-0.1, -0.05) is 50.2 Å². The van der Waals surface area contributed by atoms with Crippen LogP contribution in [-0.2, 0) is 16.1 Å². The number of ketones is 1. The number of rotatable bonds is 8. The van der Waals surface area contributed by atoms with Gasteiger partial charge in [-0.15, -0.1) is 0 Å². The van der Waals surface area contributed by atoms with Crippen molar-refractivity contribution in [2.75, 3.05) is 13.7 Å². The van der Waals surface area contributed by atoms with Crippen molar-refractivity contribution in [3.63, 3.8) is 0 Å². The molecule has 3 aromatic rings. The zero-order valence-electron chi connectivity index (χ0n) is 20.0. The monoisotopic (exact) mass is 472 g/mol. The van der Waals surface area contributed by atoms with Crippen LogP contribution in [-0.4, -0.2) is 40.4 Å². The Hall–Kier alpha value is -4.13. The molecule has 1 N–H and O–H groups in total. The first-order chi connectivity index (χ1) is 16.9. The summed E-state index contributed by atoms with van der Waals surface area (Å²) in [5.74, 6) is -0.333. The van der Waals surface area contributed by atoms with Crippen molar-refractivity contribution in [1.82, 2.24) is 9.88 Å². The van der Waals surface area contributed by atoms with Crippen LogP contribution in [0.3, 0.4) is 0 Å². The van der Waals surface area contributed by atoms with Crippen LogP contribution >= 0.6 is 0 Å². The highest BCUT2D eigenvalue weighted by Crippen LogP contribution is 2.43. The van der Waals surface area contributed by atoms with Crippen LogP contribution in [0.5, 0.6) is 11.5 Å². The summed E-state index contributed by atoms with van der Waals surface area (Å²) >= 11 is 0. The quantitative estimate of drug-likeness (QED) is 0.289. The Kier molecular flexibility index (Phi) is 7.15. The predicted octanol–water partition coefficient (Wildman–Crippen LogP) is 4.75. The number of carbonyl (C=O) groups is 2. The molecular formula is C28H28N2O5. The minimum absolute atomic E-state index is 0.00330. The molecule has 1 aliphatic rings. The number of pyridine rings is 1. The third kappa shape index (κ3) is 5.04. The van der Waals surface area contributed by atoms with E-state index in [-0.39, 0.29) is 17.9 Å². The van der Waals surface area contributed by atoms with Crippen molar-refractivity contribution in [2.24, 2.45) is 5.92 Å². The largest absolute Gasteiger partial charge is 0.507 e. The lowest BCUT2D eigenvalue weighted by Gasteiger charge is -2.26. The van der Waals surface area contributed by atoms with E-state index in [1.807, 2.05) is 26.0 Å². The highest BCUT2D eigenvalue weighted by molar-refractivity contribution is 6.46. The fraction of sp³-hybridized carbons (Fsp3) is 0.250. The van der Waals surface area contributed by atoms with Crippen molar-refractivity contribution in [3.05, 3.63) is 95.3 Å². The van der Waals surface area contributed by atoms with Gasteiger partial charge in [-0.05, 0) is 36.2 Å². The van der Waals surface area contributed by atoms with Crippen LogP contribution < -0.4 is 9.47 Å². The molecule has 1 aromatic heterocycles. The minimum atomic E-state index is -0.853. The Bertz CT molecular complexity index is 1250. The van der Waals surface area contributed by atoms with E-state index in [2.05, 4.69) is 4.98 Å². The van der Waals surface area contributed by atoms with Gasteiger partial charge in [0.05, 0.1) is 37.6 Å². The molecule has 0 aliphatic carbocycles. The van der Waals surface area contributed by atoms with E-state index in [9.17, 15) is 14.7 Å². The summed E-state index contributed by atoms with van der Waals surface area (Å²) in [7, 11) is 1.53. The van der Waals surface area contributed by atoms with Crippen LogP contribution in [0, 0.1) is 5.92 Å². The number of aliphatic hydroxyl groups excluding tert-OH is 1. The third-order valence-corrected chi connectivity index (χ3v) is 5.72. The first-order valence-corrected chi connectivity index (χ1v) is 11.4. The molecule has 7 heteroatoms. The summed E-state index contributed by atoms with van der Waals surface area (Å²) in [5.41, 5.74) is 1.61. The lowest BCUT2D eigenvalue weighted by Crippen LogP contribution is -2.29. The number of aliphatic hydroxyl groups is 1. The molecule has 180 valence electrons. The number of likely N-dealkylation sites (tertiary alicyclic amines) is 1. The molecule has 0 bridgehead atoms. The Morgan fingerprint density at radius 1 is 1.06 bits per heavy atom. The second kappa shape index (κ2) is 10.4. The topological polar surface area (TPSA) is 89.0 Å². The number of hydrogen-bond acceptors (Lipinski definition) is 6. The molecule has 35 heavy (non-hydrogen) atoms. The Balaban J connectivity index is 1.84. The van der Waals surface area contributed by atoms with E-state index < -0.39 is 17.7 Å². The molecule has 1 atom stereocenters. The number of aromatic nitrogens is 1. The van der Waals surface area contributed by atoms with Gasteiger partial charge in [0.1, 0.15) is 17.3 Å². The molecule has 0 saturated carbocycles. The average Bonchev–Trinajstić information content (AvgIpc) is 3.12. The van der Waals surface area contributed by atoms with Gasteiger partial charge in [-0.2, -0.15) is 0 Å². The fourth-order valence-electron chi connectivity index (χ4n) is 4.08. The van der Waals surface area contributed by atoms with E-state index in [4.69, 9.17) is 9.47 Å². The van der Waals surface area contributed by atoms with Gasteiger partial charge in [0, 0.05) is 17.3 Å². The number of methoxy groups -OCH3 is 1. The molecule has 0 spiro atoms. The van der Waals surface area contributed by atoms with Crippen LogP contribution in [0.25, 0.3) is 5.76 Å². The summed E-state index contributed by atoms with van der Waals surface area (Å²) in [4.78, 5) is 32.3. The van der Waals surface area contributed by atoms with Crippen LogP contribution in [0.1, 0.15) is 36.7 Å². The number of benzene rings is 2. The minimum Gasteiger partial charge on any atom is -0.507 e. The second-order valence-corrected chi connectivity index (χ2v) is 8.72. The summed E-state index contributed by atoms with van der Waals surface area (Å²) < 4.78 is 11.3. The Labute approximate surface area is 204 Å². The van der Waals surface area contributed by atoms with Gasteiger partial charge in [-0.3, -0.25) is 14.6 Å². The highest BCUT2D eigenvalue weighted by Gasteiger charge is 2.47. The average molecular weight is 473 g/mol. The molecule has 2 aromatic carbocycles. The maximum atomic E-state index is 13.3. The van der Waals surface area contributed by atoms with Gasteiger partial charge in [0.15, 0.2) is 0 Å². The highest BCUT2D eigenvalue weighted by atomic mass is 16.5. The molecule has 4 rings (SSSR count). The fourth-order valence-corrected chi connectivity index (χ4v) is 4.08. The van der Waals surface area contributed by atoms with E-state index in [1.54, 1.807) is 60.8 Å². The van der Waals surface area contributed by atoms with Crippen molar-refractivity contribution >= 4 is 17.4 Å².